The van der Waals surface area contributed by atoms with Gasteiger partial charge in [0.2, 0.25) is 0 Å². The SMILES string of the molecule is CC[C@H](Nc1ncnc2[nH]ccc12)c1nc2cccc(F)c2c(=O)n1-c1ccc(C)cc1.Cc1ccc(-n2c([C@H](C)Nc3ncnc4[nH]ccc34)nc3cccc(F)c3c2=O)cc1.Cc1cccc(-n2c([C@H](C)Nc3ncnc4[nH]cc(F)c34)nc3cccc(F)c3c2=O)c1.Cc1cccc(-n2c([C@H](C)Nc3ncnc4[nH]ccc34)nc3cccc(F)c3c2=O)c1. The van der Waals surface area contributed by atoms with Gasteiger partial charge in [0.05, 0.1) is 90.5 Å². The summed E-state index contributed by atoms with van der Waals surface area (Å²) in [6, 6.07) is 51.4. The van der Waals surface area contributed by atoms with Gasteiger partial charge in [-0.25, -0.2) is 81.8 Å². The van der Waals surface area contributed by atoms with Gasteiger partial charge in [-0.3, -0.25) is 37.4 Å². The Kier molecular flexibility index (Phi) is 22.5. The Morgan fingerprint density at radius 3 is 1.00 bits per heavy atom. The number of aryl methyl sites for hydroxylation is 4. The molecule has 0 aliphatic heterocycles. The summed E-state index contributed by atoms with van der Waals surface area (Å²) in [6.07, 6.45) is 12.9. The van der Waals surface area contributed by atoms with E-state index in [0.29, 0.717) is 109 Å². The molecule has 126 heavy (non-hydrogen) atoms. The van der Waals surface area contributed by atoms with Crippen LogP contribution < -0.4 is 43.5 Å². The van der Waals surface area contributed by atoms with E-state index in [4.69, 9.17) is 4.98 Å². The van der Waals surface area contributed by atoms with Gasteiger partial charge in [-0.05, 0) is 181 Å². The van der Waals surface area contributed by atoms with E-state index in [1.54, 1.807) is 74.0 Å². The molecule has 0 saturated heterocycles. The third-order valence-corrected chi connectivity index (χ3v) is 21.3. The molecule has 0 saturated carbocycles. The van der Waals surface area contributed by atoms with Crippen LogP contribution in [0.1, 0.15) is 104 Å². The Labute approximate surface area is 711 Å². The van der Waals surface area contributed by atoms with Crippen LogP contribution in [-0.2, 0) is 0 Å². The molecule has 0 radical (unpaired) electrons. The average molecular weight is 1690 g/mol. The molecule has 8 N–H and O–H groups in total. The first-order valence-electron chi connectivity index (χ1n) is 40.1. The van der Waals surface area contributed by atoms with Crippen LogP contribution in [0.4, 0.5) is 45.2 Å². The van der Waals surface area contributed by atoms with Crippen molar-refractivity contribution in [2.45, 2.75) is 86.0 Å². The predicted molar refractivity (Wildman–Crippen MR) is 476 cm³/mol. The number of hydrogen-bond donors (Lipinski definition) is 8. The zero-order chi connectivity index (χ0) is 87.7. The molecule has 0 unspecified atom stereocenters. The summed E-state index contributed by atoms with van der Waals surface area (Å²) in [7, 11) is 0. The van der Waals surface area contributed by atoms with Crippen LogP contribution in [0.3, 0.4) is 0 Å². The smallest absolute Gasteiger partial charge is 0.269 e. The highest BCUT2D eigenvalue weighted by Gasteiger charge is 2.28. The van der Waals surface area contributed by atoms with Gasteiger partial charge >= 0.3 is 0 Å². The van der Waals surface area contributed by atoms with Gasteiger partial charge in [0.1, 0.15) is 139 Å². The third-order valence-electron chi connectivity index (χ3n) is 21.3. The average Bonchev–Trinajstić information content (AvgIpc) is 0.869. The van der Waals surface area contributed by atoms with E-state index in [-0.39, 0.29) is 44.3 Å². The lowest BCUT2D eigenvalue weighted by molar-refractivity contribution is 0.630. The molecule has 12 heterocycles. The zero-order valence-corrected chi connectivity index (χ0v) is 68.7. The number of aromatic nitrogens is 20. The summed E-state index contributed by atoms with van der Waals surface area (Å²) in [5.41, 5.74) is 8.22. The van der Waals surface area contributed by atoms with Crippen molar-refractivity contribution in [1.29, 1.82) is 0 Å². The van der Waals surface area contributed by atoms with Crippen LogP contribution in [0.25, 0.3) is 110 Å². The van der Waals surface area contributed by atoms with Crippen molar-refractivity contribution in [3.63, 3.8) is 0 Å². The number of halogens is 5. The van der Waals surface area contributed by atoms with Crippen LogP contribution in [0.2, 0.25) is 0 Å². The number of nitrogens with zero attached hydrogens (tertiary/aromatic N) is 16. The first kappa shape index (κ1) is 82.0. The molecule has 33 heteroatoms. The maximum absolute atomic E-state index is 14.6. The first-order valence-corrected chi connectivity index (χ1v) is 40.1. The van der Waals surface area contributed by atoms with Gasteiger partial charge in [0, 0.05) is 24.8 Å². The molecule has 628 valence electrons. The summed E-state index contributed by atoms with van der Waals surface area (Å²) in [5.74, 6) is 0.942. The Bertz CT molecular complexity index is 7820. The van der Waals surface area contributed by atoms with Crippen LogP contribution in [0.5, 0.6) is 0 Å². The maximum Gasteiger partial charge on any atom is 0.269 e. The van der Waals surface area contributed by atoms with E-state index in [0.717, 1.165) is 38.4 Å². The third kappa shape index (κ3) is 16.0. The fraction of sp³-hybridized carbons (Fsp3) is 0.140. The number of benzene rings is 8. The highest BCUT2D eigenvalue weighted by molar-refractivity contribution is 5.91. The van der Waals surface area contributed by atoms with Crippen molar-refractivity contribution in [3.8, 4) is 22.7 Å². The number of hydrogen-bond acceptors (Lipinski definition) is 20. The van der Waals surface area contributed by atoms with Crippen LogP contribution in [-0.4, -0.2) is 98.0 Å². The second kappa shape index (κ2) is 34.6. The van der Waals surface area contributed by atoms with Crippen LogP contribution in [0, 0.1) is 56.8 Å². The molecule has 0 bridgehead atoms. The Balaban J connectivity index is 0.000000119. The fourth-order valence-electron chi connectivity index (χ4n) is 15.2. The molecule has 0 aliphatic rings. The van der Waals surface area contributed by atoms with Crippen molar-refractivity contribution in [2.75, 3.05) is 21.3 Å². The minimum absolute atomic E-state index is 0.0262. The minimum atomic E-state index is -0.638. The molecule has 8 aromatic carbocycles. The highest BCUT2D eigenvalue weighted by atomic mass is 19.1. The maximum atomic E-state index is 14.6. The quantitative estimate of drug-likeness (QED) is 0.0393. The summed E-state index contributed by atoms with van der Waals surface area (Å²) < 4.78 is 78.3. The van der Waals surface area contributed by atoms with Crippen molar-refractivity contribution >= 4 is 111 Å². The van der Waals surface area contributed by atoms with E-state index in [9.17, 15) is 41.1 Å². The fourth-order valence-corrected chi connectivity index (χ4v) is 15.2. The van der Waals surface area contributed by atoms with Crippen molar-refractivity contribution in [1.82, 2.24) is 98.0 Å². The van der Waals surface area contributed by atoms with Crippen molar-refractivity contribution in [3.05, 3.63) is 354 Å². The van der Waals surface area contributed by atoms with E-state index < -0.39 is 69.4 Å². The van der Waals surface area contributed by atoms with Gasteiger partial charge in [0.15, 0.2) is 5.82 Å². The van der Waals surface area contributed by atoms with Gasteiger partial charge in [-0.1, -0.05) is 90.8 Å². The number of aromatic amines is 4. The molecule has 20 aromatic rings. The van der Waals surface area contributed by atoms with E-state index in [1.807, 2.05) is 158 Å². The first-order chi connectivity index (χ1) is 61.0. The normalized spacial score (nSPS) is 12.4. The summed E-state index contributed by atoms with van der Waals surface area (Å²) in [4.78, 5) is 118. The monoisotopic (exact) mass is 1690 g/mol. The second-order valence-electron chi connectivity index (χ2n) is 30.0. The van der Waals surface area contributed by atoms with E-state index in [1.165, 1.54) is 80.1 Å². The van der Waals surface area contributed by atoms with E-state index >= 15 is 0 Å². The molecule has 28 nitrogen and oxygen atoms in total. The number of rotatable bonds is 17. The number of nitrogens with one attached hydrogen (secondary N) is 8. The van der Waals surface area contributed by atoms with Crippen LogP contribution in [0.15, 0.2) is 257 Å². The largest absolute Gasteiger partial charge is 0.360 e. The molecule has 20 rings (SSSR count). The molecule has 4 atom stereocenters. The molecule has 12 aromatic heterocycles. The molecule has 0 spiro atoms. The van der Waals surface area contributed by atoms with Gasteiger partial charge in [-0.15, -0.1) is 0 Å². The van der Waals surface area contributed by atoms with E-state index in [2.05, 4.69) is 96.0 Å². The van der Waals surface area contributed by atoms with Crippen molar-refractivity contribution < 1.29 is 22.0 Å². The molecule has 0 amide bonds. The van der Waals surface area contributed by atoms with Gasteiger partial charge < -0.3 is 41.2 Å². The molecule has 0 fully saturated rings. The summed E-state index contributed by atoms with van der Waals surface area (Å²) in [6.45, 7) is 15.3. The van der Waals surface area contributed by atoms with Gasteiger partial charge in [-0.2, -0.15) is 0 Å². The lowest BCUT2D eigenvalue weighted by Crippen LogP contribution is -2.28. The highest BCUT2D eigenvalue weighted by Crippen LogP contribution is 2.33. The second-order valence-corrected chi connectivity index (χ2v) is 30.0. The lowest BCUT2D eigenvalue weighted by atomic mass is 10.1. The summed E-state index contributed by atoms with van der Waals surface area (Å²) >= 11 is 0. The Morgan fingerprint density at radius 1 is 0.317 bits per heavy atom. The molecular formula is C93H77F5N24O4. The number of anilines is 4. The Hall–Kier alpha value is -16.4. The van der Waals surface area contributed by atoms with Crippen molar-refractivity contribution in [2.24, 2.45) is 0 Å². The topological polar surface area (TPSA) is 354 Å². The standard InChI is InChI=1S/C24H21FN6O.C23H18F2N6O.2C23H19FN6O/c1-3-18(29-22-16-11-12-26-21(16)27-13-28-22)23-30-19-6-4-5-17(25)20(19)24(32)31(23)15-9-7-14(2)8-10-15;1-12-5-3-6-14(9-12)31-22(30-17-8-4-7-15(24)18(17)23(31)32)13(2)29-21-19-16(25)10-26-20(19)27-11-28-21;1-13-5-3-6-15(11-13)30-22(29-18-8-4-7-17(24)19(18)23(30)31)14(2)28-21-16-9-10-25-20(16)26-12-27-21;1-13-6-8-15(9-7-13)30-22(29-18-5-3-4-17(24)19(18)23(30)31)14(2)28-21-16-10-11-25-20(16)26-12-27-21/h4-13,18H,3H2,1-2H3,(H2,26,27,28,29);3-11,13H,1-2H3,(H2,26,27,28,29);2*3-12,14H,1-2H3,(H2,25,26,27,28)/t18-;13-;2*14-/m0000/s1. The summed E-state index contributed by atoms with van der Waals surface area (Å²) in [5, 5.41) is 15.7. The number of H-pyrrole nitrogens is 4. The Morgan fingerprint density at radius 2 is 0.635 bits per heavy atom. The molecule has 0 aliphatic carbocycles. The minimum Gasteiger partial charge on any atom is -0.360 e. The predicted octanol–water partition coefficient (Wildman–Crippen LogP) is 17.6. The zero-order valence-electron chi connectivity index (χ0n) is 68.7. The number of fused-ring (bicyclic) bond motifs is 8. The molecular weight excluding hydrogens is 1610 g/mol. The van der Waals surface area contributed by atoms with Gasteiger partial charge in [0.25, 0.3) is 22.2 Å². The van der Waals surface area contributed by atoms with Crippen LogP contribution >= 0.6 is 0 Å². The lowest BCUT2D eigenvalue weighted by Gasteiger charge is -2.22.